The second kappa shape index (κ2) is 6.36. The second-order valence-electron chi connectivity index (χ2n) is 6.51. The number of rotatable bonds is 3. The van der Waals surface area contributed by atoms with E-state index in [4.69, 9.17) is 21.1 Å². The van der Waals surface area contributed by atoms with Gasteiger partial charge in [0.2, 0.25) is 0 Å². The average Bonchev–Trinajstić information content (AvgIpc) is 2.53. The van der Waals surface area contributed by atoms with Crippen molar-refractivity contribution < 1.29 is 14.3 Å². The molecule has 4 nitrogen and oxygen atoms in total. The summed E-state index contributed by atoms with van der Waals surface area (Å²) < 4.78 is 11.3. The summed E-state index contributed by atoms with van der Waals surface area (Å²) in [5.74, 6) is 1.32. The van der Waals surface area contributed by atoms with Crippen LogP contribution in [0.3, 0.4) is 0 Å². The van der Waals surface area contributed by atoms with E-state index in [9.17, 15) is 4.79 Å². The van der Waals surface area contributed by atoms with Crippen molar-refractivity contribution in [2.24, 2.45) is 0 Å². The molecule has 0 saturated carbocycles. The summed E-state index contributed by atoms with van der Waals surface area (Å²) in [4.78, 5) is 12.6. The van der Waals surface area contributed by atoms with Gasteiger partial charge in [-0.2, -0.15) is 0 Å². The van der Waals surface area contributed by atoms with Gasteiger partial charge in [0.05, 0.1) is 13.2 Å². The first-order chi connectivity index (χ1) is 11.4. The standard InChI is InChI=1S/C19H20ClNO3/c1-19(2)11-16(15-8-7-14(23-3)10-17(15)24-19)21-18(22)12-5-4-6-13(20)9-12/h4-10,16H,11H2,1-3H3,(H,21,22). The highest BCUT2D eigenvalue weighted by Gasteiger charge is 2.35. The quantitative estimate of drug-likeness (QED) is 0.898. The van der Waals surface area contributed by atoms with Crippen LogP contribution in [0.4, 0.5) is 0 Å². The molecule has 0 aliphatic carbocycles. The number of fused-ring (bicyclic) bond motifs is 1. The number of ether oxygens (including phenoxy) is 2. The molecule has 1 aliphatic heterocycles. The van der Waals surface area contributed by atoms with E-state index in [1.807, 2.05) is 32.0 Å². The minimum absolute atomic E-state index is 0.138. The summed E-state index contributed by atoms with van der Waals surface area (Å²) >= 11 is 5.98. The predicted octanol–water partition coefficient (Wildman–Crippen LogP) is 4.38. The molecule has 0 fully saturated rings. The number of carbonyl (C=O) groups is 1. The molecule has 3 rings (SSSR count). The van der Waals surface area contributed by atoms with E-state index >= 15 is 0 Å². The Morgan fingerprint density at radius 2 is 2.08 bits per heavy atom. The van der Waals surface area contributed by atoms with Gasteiger partial charge < -0.3 is 14.8 Å². The van der Waals surface area contributed by atoms with Gasteiger partial charge in [0.15, 0.2) is 0 Å². The molecule has 126 valence electrons. The Hall–Kier alpha value is -2.20. The summed E-state index contributed by atoms with van der Waals surface area (Å²) in [7, 11) is 1.62. The molecule has 0 radical (unpaired) electrons. The minimum Gasteiger partial charge on any atom is -0.497 e. The first kappa shape index (κ1) is 16.7. The van der Waals surface area contributed by atoms with Gasteiger partial charge in [-0.05, 0) is 44.2 Å². The summed E-state index contributed by atoms with van der Waals surface area (Å²) in [5, 5.41) is 3.64. The van der Waals surface area contributed by atoms with Gasteiger partial charge in [-0.15, -0.1) is 0 Å². The van der Waals surface area contributed by atoms with E-state index in [2.05, 4.69) is 5.32 Å². The van der Waals surface area contributed by atoms with Crippen LogP contribution >= 0.6 is 11.6 Å². The summed E-state index contributed by atoms with van der Waals surface area (Å²) in [6, 6.07) is 12.5. The normalized spacial score (nSPS) is 18.2. The Bertz CT molecular complexity index is 773. The SMILES string of the molecule is COc1ccc2c(c1)OC(C)(C)CC2NC(=O)c1cccc(Cl)c1. The van der Waals surface area contributed by atoms with Crippen LogP contribution in [0.1, 0.15) is 42.2 Å². The van der Waals surface area contributed by atoms with Crippen LogP contribution in [0.15, 0.2) is 42.5 Å². The zero-order chi connectivity index (χ0) is 17.3. The topological polar surface area (TPSA) is 47.6 Å². The molecule has 1 amide bonds. The highest BCUT2D eigenvalue weighted by Crippen LogP contribution is 2.41. The number of hydrogen-bond acceptors (Lipinski definition) is 3. The average molecular weight is 346 g/mol. The molecule has 0 aromatic heterocycles. The van der Waals surface area contributed by atoms with Crippen LogP contribution in [0.5, 0.6) is 11.5 Å². The Labute approximate surface area is 146 Å². The van der Waals surface area contributed by atoms with E-state index in [-0.39, 0.29) is 17.6 Å². The monoisotopic (exact) mass is 345 g/mol. The lowest BCUT2D eigenvalue weighted by Gasteiger charge is -2.38. The van der Waals surface area contributed by atoms with Crippen molar-refractivity contribution in [1.82, 2.24) is 5.32 Å². The maximum atomic E-state index is 12.6. The van der Waals surface area contributed by atoms with Crippen molar-refractivity contribution in [3.63, 3.8) is 0 Å². The molecule has 0 bridgehead atoms. The van der Waals surface area contributed by atoms with Crippen LogP contribution in [-0.4, -0.2) is 18.6 Å². The lowest BCUT2D eigenvalue weighted by molar-refractivity contribution is 0.0617. The van der Waals surface area contributed by atoms with Crippen molar-refractivity contribution in [3.05, 3.63) is 58.6 Å². The molecular formula is C19H20ClNO3. The number of amides is 1. The summed E-state index contributed by atoms with van der Waals surface area (Å²) in [6.45, 7) is 4.02. The van der Waals surface area contributed by atoms with Crippen molar-refractivity contribution in [2.75, 3.05) is 7.11 Å². The first-order valence-corrected chi connectivity index (χ1v) is 8.19. The molecule has 1 aliphatic rings. The number of methoxy groups -OCH3 is 1. The summed E-state index contributed by atoms with van der Waals surface area (Å²) in [6.07, 6.45) is 0.679. The van der Waals surface area contributed by atoms with E-state index in [1.165, 1.54) is 0 Å². The molecular weight excluding hydrogens is 326 g/mol. The van der Waals surface area contributed by atoms with Crippen molar-refractivity contribution in [2.45, 2.75) is 31.9 Å². The van der Waals surface area contributed by atoms with E-state index in [0.717, 1.165) is 17.1 Å². The number of hydrogen-bond donors (Lipinski definition) is 1. The molecule has 5 heteroatoms. The minimum atomic E-state index is -0.383. The number of nitrogens with one attached hydrogen (secondary N) is 1. The van der Waals surface area contributed by atoms with Gasteiger partial charge in [-0.3, -0.25) is 4.79 Å². The van der Waals surface area contributed by atoms with Crippen molar-refractivity contribution >= 4 is 17.5 Å². The first-order valence-electron chi connectivity index (χ1n) is 7.81. The molecule has 1 atom stereocenters. The molecule has 0 spiro atoms. The summed E-state index contributed by atoms with van der Waals surface area (Å²) in [5.41, 5.74) is 1.11. The molecule has 1 unspecified atom stereocenters. The highest BCUT2D eigenvalue weighted by atomic mass is 35.5. The third-order valence-corrected chi connectivity index (χ3v) is 4.31. The number of halogens is 1. The maximum Gasteiger partial charge on any atom is 0.251 e. The molecule has 0 saturated heterocycles. The Balaban J connectivity index is 1.89. The molecule has 2 aromatic rings. The van der Waals surface area contributed by atoms with Crippen LogP contribution in [-0.2, 0) is 0 Å². The fourth-order valence-corrected chi connectivity index (χ4v) is 3.15. The second-order valence-corrected chi connectivity index (χ2v) is 6.94. The number of benzene rings is 2. The predicted molar refractivity (Wildman–Crippen MR) is 94.0 cm³/mol. The van der Waals surface area contributed by atoms with Gasteiger partial charge in [0, 0.05) is 28.6 Å². The van der Waals surface area contributed by atoms with Crippen LogP contribution < -0.4 is 14.8 Å². The Kier molecular flexibility index (Phi) is 4.41. The van der Waals surface area contributed by atoms with E-state index in [1.54, 1.807) is 31.4 Å². The van der Waals surface area contributed by atoms with Gasteiger partial charge >= 0.3 is 0 Å². The van der Waals surface area contributed by atoms with Crippen molar-refractivity contribution in [1.29, 1.82) is 0 Å². The van der Waals surface area contributed by atoms with Gasteiger partial charge in [-0.1, -0.05) is 17.7 Å². The van der Waals surface area contributed by atoms with Crippen LogP contribution in [0, 0.1) is 0 Å². The molecule has 1 N–H and O–H groups in total. The molecule has 2 aromatic carbocycles. The zero-order valence-electron chi connectivity index (χ0n) is 13.9. The highest BCUT2D eigenvalue weighted by molar-refractivity contribution is 6.30. The third-order valence-electron chi connectivity index (χ3n) is 4.07. The van der Waals surface area contributed by atoms with Gasteiger partial charge in [0.1, 0.15) is 17.1 Å². The molecule has 24 heavy (non-hydrogen) atoms. The fourth-order valence-electron chi connectivity index (χ4n) is 2.96. The number of carbonyl (C=O) groups excluding carboxylic acids is 1. The molecule has 1 heterocycles. The van der Waals surface area contributed by atoms with Gasteiger partial charge in [-0.25, -0.2) is 0 Å². The zero-order valence-corrected chi connectivity index (χ0v) is 14.7. The van der Waals surface area contributed by atoms with Crippen LogP contribution in [0.25, 0.3) is 0 Å². The smallest absolute Gasteiger partial charge is 0.251 e. The maximum absolute atomic E-state index is 12.6. The fraction of sp³-hybridized carbons (Fsp3) is 0.316. The Morgan fingerprint density at radius 3 is 2.79 bits per heavy atom. The lowest BCUT2D eigenvalue weighted by Crippen LogP contribution is -2.41. The largest absolute Gasteiger partial charge is 0.497 e. The van der Waals surface area contributed by atoms with Crippen molar-refractivity contribution in [3.8, 4) is 11.5 Å². The van der Waals surface area contributed by atoms with Crippen LogP contribution in [0.2, 0.25) is 5.02 Å². The van der Waals surface area contributed by atoms with E-state index in [0.29, 0.717) is 17.0 Å². The van der Waals surface area contributed by atoms with E-state index < -0.39 is 0 Å². The third kappa shape index (κ3) is 3.49. The lowest BCUT2D eigenvalue weighted by atomic mass is 9.89. The Morgan fingerprint density at radius 1 is 1.29 bits per heavy atom. The van der Waals surface area contributed by atoms with Gasteiger partial charge in [0.25, 0.3) is 5.91 Å².